The summed E-state index contributed by atoms with van der Waals surface area (Å²) in [4.78, 5) is 0. The molecule has 0 aliphatic carbocycles. The monoisotopic (exact) mass is 448 g/mol. The van der Waals surface area contributed by atoms with E-state index in [2.05, 4.69) is 68.2 Å². The van der Waals surface area contributed by atoms with Crippen molar-refractivity contribution in [1.29, 1.82) is 0 Å². The van der Waals surface area contributed by atoms with Crippen LogP contribution in [0.15, 0.2) is 78.9 Å². The van der Waals surface area contributed by atoms with Crippen molar-refractivity contribution in [3.8, 4) is 23.0 Å². The molecule has 0 fully saturated rings. The minimum absolute atomic E-state index is 0.241. The third-order valence-corrected chi connectivity index (χ3v) is 6.51. The first kappa shape index (κ1) is 23.8. The highest BCUT2D eigenvalue weighted by Crippen LogP contribution is 2.23. The zero-order valence-electron chi connectivity index (χ0n) is 20.3. The van der Waals surface area contributed by atoms with Gasteiger partial charge in [0, 0.05) is 10.9 Å². The maximum absolute atomic E-state index is 15.0. The van der Waals surface area contributed by atoms with Crippen molar-refractivity contribution in [2.75, 3.05) is 0 Å². The molecule has 34 heavy (non-hydrogen) atoms. The molecule has 0 N–H and O–H groups in total. The maximum atomic E-state index is 15.0. The van der Waals surface area contributed by atoms with Gasteiger partial charge in [-0.3, -0.25) is 0 Å². The molecule has 0 atom stereocenters. The third-order valence-electron chi connectivity index (χ3n) is 6.51. The van der Waals surface area contributed by atoms with Gasteiger partial charge in [0.2, 0.25) is 0 Å². The SMILES string of the molecule is CCCCCCCc1ccc(-c2ccc(C#Cc3ccc4cc(CC)ccc4c3F)cc2)cc1. The molecule has 0 saturated heterocycles. The molecule has 0 saturated carbocycles. The van der Waals surface area contributed by atoms with Gasteiger partial charge in [-0.2, -0.15) is 0 Å². The average molecular weight is 449 g/mol. The molecule has 0 amide bonds. The van der Waals surface area contributed by atoms with Crippen molar-refractivity contribution >= 4 is 10.8 Å². The van der Waals surface area contributed by atoms with Crippen LogP contribution in [0.3, 0.4) is 0 Å². The van der Waals surface area contributed by atoms with Crippen LogP contribution < -0.4 is 0 Å². The van der Waals surface area contributed by atoms with Crippen molar-refractivity contribution in [2.24, 2.45) is 0 Å². The fourth-order valence-corrected chi connectivity index (χ4v) is 4.34. The zero-order valence-corrected chi connectivity index (χ0v) is 20.3. The van der Waals surface area contributed by atoms with Crippen molar-refractivity contribution in [3.63, 3.8) is 0 Å². The van der Waals surface area contributed by atoms with E-state index in [9.17, 15) is 4.39 Å². The summed E-state index contributed by atoms with van der Waals surface area (Å²) in [5, 5.41) is 1.55. The predicted octanol–water partition coefficient (Wildman–Crippen LogP) is 9.12. The van der Waals surface area contributed by atoms with Crippen LogP contribution in [0.25, 0.3) is 21.9 Å². The van der Waals surface area contributed by atoms with Gasteiger partial charge < -0.3 is 0 Å². The molecule has 0 heterocycles. The van der Waals surface area contributed by atoms with E-state index in [0.717, 1.165) is 23.8 Å². The lowest BCUT2D eigenvalue weighted by Crippen LogP contribution is -1.88. The van der Waals surface area contributed by atoms with Gasteiger partial charge in [-0.25, -0.2) is 4.39 Å². The predicted molar refractivity (Wildman–Crippen MR) is 144 cm³/mol. The van der Waals surface area contributed by atoms with Crippen LogP contribution in [0.5, 0.6) is 0 Å². The minimum atomic E-state index is -0.241. The molecule has 4 rings (SSSR count). The maximum Gasteiger partial charge on any atom is 0.146 e. The van der Waals surface area contributed by atoms with E-state index in [1.807, 2.05) is 30.3 Å². The Morgan fingerprint density at radius 1 is 0.647 bits per heavy atom. The van der Waals surface area contributed by atoms with E-state index in [-0.39, 0.29) is 5.82 Å². The van der Waals surface area contributed by atoms with Crippen LogP contribution in [0.4, 0.5) is 4.39 Å². The summed E-state index contributed by atoms with van der Waals surface area (Å²) in [5.41, 5.74) is 6.32. The van der Waals surface area contributed by atoms with Gasteiger partial charge in [-0.1, -0.05) is 112 Å². The van der Waals surface area contributed by atoms with Gasteiger partial charge in [0.25, 0.3) is 0 Å². The van der Waals surface area contributed by atoms with E-state index >= 15 is 0 Å². The van der Waals surface area contributed by atoms with Crippen molar-refractivity contribution in [3.05, 3.63) is 107 Å². The second kappa shape index (κ2) is 11.7. The Morgan fingerprint density at radius 3 is 2.03 bits per heavy atom. The van der Waals surface area contributed by atoms with Gasteiger partial charge in [-0.05, 0) is 65.1 Å². The molecule has 0 nitrogen and oxygen atoms in total. The summed E-state index contributed by atoms with van der Waals surface area (Å²) in [6.45, 7) is 4.36. The Bertz CT molecular complexity index is 1280. The lowest BCUT2D eigenvalue weighted by molar-refractivity contribution is 0.632. The fourth-order valence-electron chi connectivity index (χ4n) is 4.34. The number of hydrogen-bond acceptors (Lipinski definition) is 0. The molecule has 4 aromatic carbocycles. The molecule has 0 aromatic heterocycles. The first-order valence-corrected chi connectivity index (χ1v) is 12.6. The number of benzene rings is 4. The molecule has 0 bridgehead atoms. The topological polar surface area (TPSA) is 0 Å². The van der Waals surface area contributed by atoms with Crippen LogP contribution >= 0.6 is 0 Å². The largest absolute Gasteiger partial charge is 0.205 e. The highest BCUT2D eigenvalue weighted by Gasteiger charge is 2.06. The highest BCUT2D eigenvalue weighted by molar-refractivity contribution is 5.85. The Kier molecular flexibility index (Phi) is 8.16. The van der Waals surface area contributed by atoms with Gasteiger partial charge in [0.15, 0.2) is 0 Å². The van der Waals surface area contributed by atoms with Crippen LogP contribution in [-0.4, -0.2) is 0 Å². The van der Waals surface area contributed by atoms with Crippen molar-refractivity contribution in [2.45, 2.75) is 58.8 Å². The van der Waals surface area contributed by atoms with Crippen molar-refractivity contribution < 1.29 is 4.39 Å². The van der Waals surface area contributed by atoms with E-state index in [1.54, 1.807) is 6.07 Å². The van der Waals surface area contributed by atoms with E-state index in [4.69, 9.17) is 0 Å². The number of hydrogen-bond donors (Lipinski definition) is 0. The quantitative estimate of drug-likeness (QED) is 0.186. The summed E-state index contributed by atoms with van der Waals surface area (Å²) in [6.07, 6.45) is 8.67. The van der Waals surface area contributed by atoms with Gasteiger partial charge in [0.05, 0.1) is 5.56 Å². The Labute approximate surface area is 203 Å². The Morgan fingerprint density at radius 2 is 1.32 bits per heavy atom. The lowest BCUT2D eigenvalue weighted by Gasteiger charge is -2.05. The number of unbranched alkanes of at least 4 members (excludes halogenated alkanes) is 4. The minimum Gasteiger partial charge on any atom is -0.205 e. The summed E-state index contributed by atoms with van der Waals surface area (Å²) >= 11 is 0. The molecule has 0 radical (unpaired) electrons. The first-order valence-electron chi connectivity index (χ1n) is 12.6. The fraction of sp³-hybridized carbons (Fsp3) is 0.273. The summed E-state index contributed by atoms with van der Waals surface area (Å²) < 4.78 is 15.0. The third kappa shape index (κ3) is 5.95. The standard InChI is InChI=1S/C33H33F/c1-3-5-6-7-8-9-26-10-16-28(17-11-26)29-18-12-27(13-19-29)14-20-30-21-22-31-24-25(4-2)15-23-32(31)33(30)34/h10-13,15-19,21-24H,3-9H2,1-2H3. The molecule has 172 valence electrons. The molecular weight excluding hydrogens is 415 g/mol. The number of rotatable bonds is 8. The number of aryl methyl sites for hydroxylation is 2. The van der Waals surface area contributed by atoms with Gasteiger partial charge in [0.1, 0.15) is 5.82 Å². The summed E-state index contributed by atoms with van der Waals surface area (Å²) in [5.74, 6) is 5.91. The van der Waals surface area contributed by atoms with E-state index in [1.165, 1.54) is 54.4 Å². The van der Waals surface area contributed by atoms with Crippen LogP contribution in [0.2, 0.25) is 0 Å². The van der Waals surface area contributed by atoms with E-state index < -0.39 is 0 Å². The average Bonchev–Trinajstić information content (AvgIpc) is 2.89. The Hall–Kier alpha value is -3.37. The summed E-state index contributed by atoms with van der Waals surface area (Å²) in [6, 6.07) is 26.7. The molecular formula is C33H33F. The highest BCUT2D eigenvalue weighted by atomic mass is 19.1. The smallest absolute Gasteiger partial charge is 0.146 e. The van der Waals surface area contributed by atoms with E-state index in [0.29, 0.717) is 10.9 Å². The number of fused-ring (bicyclic) bond motifs is 1. The second-order valence-electron chi connectivity index (χ2n) is 9.02. The summed E-state index contributed by atoms with van der Waals surface area (Å²) in [7, 11) is 0. The molecule has 0 aliphatic heterocycles. The molecule has 0 unspecified atom stereocenters. The van der Waals surface area contributed by atoms with Crippen LogP contribution in [-0.2, 0) is 12.8 Å². The number of halogens is 1. The lowest BCUT2D eigenvalue weighted by atomic mass is 10.00. The van der Waals surface area contributed by atoms with Crippen molar-refractivity contribution in [1.82, 2.24) is 0 Å². The first-order chi connectivity index (χ1) is 16.7. The van der Waals surface area contributed by atoms with Gasteiger partial charge in [-0.15, -0.1) is 0 Å². The van der Waals surface area contributed by atoms with Crippen LogP contribution in [0.1, 0.15) is 68.2 Å². The van der Waals surface area contributed by atoms with Gasteiger partial charge >= 0.3 is 0 Å². The molecule has 1 heteroatoms. The zero-order chi connectivity index (χ0) is 23.8. The molecule has 4 aromatic rings. The second-order valence-corrected chi connectivity index (χ2v) is 9.02. The van der Waals surface area contributed by atoms with Crippen LogP contribution in [0, 0.1) is 17.7 Å². The Balaban J connectivity index is 1.42. The normalized spacial score (nSPS) is 10.8. The molecule has 0 spiro atoms. The molecule has 0 aliphatic rings.